The molecule has 5 aromatic heterocycles. The number of likely N-dealkylation sites (N-methyl/N-ethyl adjacent to an activating group) is 2. The molecule has 6 N–H and O–H groups in total. The minimum atomic E-state index is -2.73. The predicted octanol–water partition coefficient (Wildman–Crippen LogP) is 17.0. The Morgan fingerprint density at radius 2 is 0.916 bits per heavy atom. The van der Waals surface area contributed by atoms with Crippen molar-refractivity contribution in [3.05, 3.63) is 158 Å². The number of fused-ring (bicyclic) bond motifs is 3. The number of aryl methyl sites for hydroxylation is 3. The molecule has 7 aliphatic rings. The maximum Gasteiger partial charge on any atom is 0.229 e. The number of nitrogens with zero attached hydrogens (tertiary/aromatic N) is 18. The van der Waals surface area contributed by atoms with Crippen LogP contribution in [0.3, 0.4) is 0 Å². The molecule has 18 rings (SSSR count). The zero-order valence-corrected chi connectivity index (χ0v) is 84.4. The highest BCUT2D eigenvalue weighted by Crippen LogP contribution is 2.49. The Morgan fingerprint density at radius 3 is 1.40 bits per heavy atom. The standard InChI is InChI=1S/C33H43BrN9O2P.C32H43ClN7O2P.C30H36BrN8O2P/c1-22-17-26(28(45-4)18-27(22)43-13-9-33(10-14-43)20-42(21-33)16-15-41(2)3)39-32-37-19-23(34)31(40-32)38-25-8-7-24-29(36-12-11-35-24)30(25)46(5,6)44;1-38-16-18-40(19-17-38)23-12-14-39(15-13-23)24-9-11-27(29(20-24)42-2)36-32-34-21-26(33)31(37-32)35-28-10-8-22-6-5-7-25(22)30(28)43(3,4)41;1-19-14-23(25(41-3)15-24(19)39-12-8-30(9-13-39)17-38(2)18-30)36-29-34-16-20(31)28(37-29)35-22-7-6-21-26(33-11-10-32-21)27(22)42(4,5)40/h7-8,11-12,17-19H,9-10,13-16,20-21H2,1-6H3,(H2,37,38,39,40);8-11,20-21,23H,5-7,12-19H2,1-4H3,(H2,34,35,36,37);6-7,10-11,14-16H,8-9,12-13,17-18H2,1-5H3,(H2,34,35,36,37). The molecular weight excluding hydrogens is 1860 g/mol. The van der Waals surface area contributed by atoms with Gasteiger partial charge < -0.3 is 94.1 Å². The smallest absolute Gasteiger partial charge is 0.229 e. The van der Waals surface area contributed by atoms with Crippen molar-refractivity contribution in [2.75, 3.05) is 241 Å². The SMILES string of the molecule is COc1cc(N2CCC(N3CCN(C)CC3)CC2)ccc1Nc1ncc(Cl)c(Nc2ccc3c(c2P(C)(C)=O)CCC3)n1.COc1cc(N2CCC3(CC2)CN(C)C3)c(C)cc1Nc1ncc(Br)c(Nc2ccc3nccnc3c2P(C)(C)=O)n1.COc1cc(N2CCC3(CC2)CN(CCN(C)C)C3)c(C)cc1Nc1ncc(Br)c(Nc2ccc3nccnc3c2P(C)(C)=O)n1. The third kappa shape index (κ3) is 21.8. The Hall–Kier alpha value is -9.42. The van der Waals surface area contributed by atoms with Crippen LogP contribution < -0.4 is 76.7 Å². The van der Waals surface area contributed by atoms with Crippen LogP contribution in [0.4, 0.5) is 86.5 Å². The number of hydrogen-bond donors (Lipinski definition) is 6. The number of rotatable bonds is 25. The molecule has 6 saturated heterocycles. The first kappa shape index (κ1) is 94.8. The van der Waals surface area contributed by atoms with Gasteiger partial charge in [0.15, 0.2) is 5.82 Å². The largest absolute Gasteiger partial charge is 0.494 e. The molecule has 0 radical (unpaired) electrons. The van der Waals surface area contributed by atoms with Crippen molar-refractivity contribution in [2.45, 2.75) is 77.7 Å². The first-order chi connectivity index (χ1) is 62.7. The van der Waals surface area contributed by atoms with Gasteiger partial charge in [-0.15, -0.1) is 0 Å². The van der Waals surface area contributed by atoms with E-state index < -0.39 is 21.4 Å². The molecule has 131 heavy (non-hydrogen) atoms. The quantitative estimate of drug-likeness (QED) is 0.0290. The lowest BCUT2D eigenvalue weighted by Gasteiger charge is -2.54. The molecule has 0 bridgehead atoms. The second kappa shape index (κ2) is 40.0. The summed E-state index contributed by atoms with van der Waals surface area (Å²) in [5.41, 5.74) is 16.4. The summed E-state index contributed by atoms with van der Waals surface area (Å²) in [5, 5.41) is 22.7. The summed E-state index contributed by atoms with van der Waals surface area (Å²) in [4.78, 5) is 65.2. The molecule has 11 heterocycles. The van der Waals surface area contributed by atoms with Crippen molar-refractivity contribution >= 4 is 189 Å². The lowest BCUT2D eigenvalue weighted by atomic mass is 9.72. The molecule has 6 aromatic carbocycles. The van der Waals surface area contributed by atoms with Gasteiger partial charge in [0.1, 0.15) is 66.4 Å². The zero-order valence-electron chi connectivity index (χ0n) is 77.8. The number of likely N-dealkylation sites (tertiary alicyclic amines) is 2. The number of piperidine rings is 3. The summed E-state index contributed by atoms with van der Waals surface area (Å²) >= 11 is 13.7. The Labute approximate surface area is 791 Å². The molecule has 1 aliphatic carbocycles. The predicted molar refractivity (Wildman–Crippen MR) is 544 cm³/mol. The van der Waals surface area contributed by atoms with Gasteiger partial charge in [0, 0.05) is 189 Å². The van der Waals surface area contributed by atoms with Crippen LogP contribution in [-0.4, -0.2) is 275 Å². The third-order valence-corrected chi connectivity index (χ3v) is 32.5. The third-order valence-electron chi connectivity index (χ3n) is 26.5. The van der Waals surface area contributed by atoms with Crippen molar-refractivity contribution in [3.8, 4) is 17.2 Å². The van der Waals surface area contributed by atoms with Gasteiger partial charge in [-0.05, 0) is 259 Å². The number of nitrogens with one attached hydrogen (secondary N) is 6. The van der Waals surface area contributed by atoms with E-state index in [9.17, 15) is 13.7 Å². The van der Waals surface area contributed by atoms with Crippen molar-refractivity contribution in [1.82, 2.24) is 74.3 Å². The molecule has 0 unspecified atom stereocenters. The minimum Gasteiger partial charge on any atom is -0.494 e. The highest BCUT2D eigenvalue weighted by molar-refractivity contribution is 9.11. The number of aromatic nitrogens is 10. The number of benzene rings is 6. The number of hydrogen-bond acceptors (Lipinski definition) is 30. The van der Waals surface area contributed by atoms with Gasteiger partial charge in [0.2, 0.25) is 17.8 Å². The molecule has 30 nitrogen and oxygen atoms in total. The zero-order chi connectivity index (χ0) is 92.4. The average Bonchev–Trinajstić information content (AvgIpc) is 0.930. The van der Waals surface area contributed by atoms with E-state index in [1.54, 1.807) is 91.4 Å². The van der Waals surface area contributed by atoms with Crippen LogP contribution in [-0.2, 0) is 26.5 Å². The van der Waals surface area contributed by atoms with Gasteiger partial charge in [-0.25, -0.2) is 15.0 Å². The van der Waals surface area contributed by atoms with Crippen molar-refractivity contribution in [3.63, 3.8) is 0 Å². The number of methoxy groups -OCH3 is 3. The van der Waals surface area contributed by atoms with Crippen molar-refractivity contribution < 1.29 is 27.9 Å². The van der Waals surface area contributed by atoms with Crippen LogP contribution >= 0.6 is 64.9 Å². The number of halogens is 3. The molecule has 11 aromatic rings. The van der Waals surface area contributed by atoms with Crippen molar-refractivity contribution in [1.29, 1.82) is 0 Å². The molecule has 36 heteroatoms. The number of anilines is 15. The minimum absolute atomic E-state index is 0.390. The van der Waals surface area contributed by atoms with Crippen molar-refractivity contribution in [2.24, 2.45) is 10.8 Å². The van der Waals surface area contributed by atoms with Gasteiger partial charge in [-0.3, -0.25) is 24.8 Å². The second-order valence-corrected chi connectivity index (χ2v) is 49.0. The maximum absolute atomic E-state index is 13.4. The van der Waals surface area contributed by atoms with Crippen LogP contribution in [0.1, 0.15) is 67.2 Å². The van der Waals surface area contributed by atoms with E-state index in [1.807, 2.05) is 49.7 Å². The average molecular weight is 1980 g/mol. The van der Waals surface area contributed by atoms with E-state index in [0.29, 0.717) is 110 Å². The molecule has 0 amide bonds. The van der Waals surface area contributed by atoms with Gasteiger partial charge in [0.25, 0.3) is 0 Å². The first-order valence-corrected chi connectivity index (χ1v) is 54.7. The van der Waals surface area contributed by atoms with E-state index in [-0.39, 0.29) is 0 Å². The Morgan fingerprint density at radius 1 is 0.473 bits per heavy atom. The van der Waals surface area contributed by atoms with E-state index in [1.165, 1.54) is 111 Å². The number of ether oxygens (including phenoxy) is 3. The molecule has 6 fully saturated rings. The number of piperazine rings is 1. The van der Waals surface area contributed by atoms with Crippen LogP contribution in [0.5, 0.6) is 17.2 Å². The van der Waals surface area contributed by atoms with E-state index in [2.05, 4.69) is 222 Å². The van der Waals surface area contributed by atoms with Crippen LogP contribution in [0.2, 0.25) is 5.02 Å². The van der Waals surface area contributed by atoms with E-state index in [4.69, 9.17) is 40.8 Å². The molecule has 2 spiro atoms. The molecule has 6 aliphatic heterocycles. The van der Waals surface area contributed by atoms with Crippen LogP contribution in [0.15, 0.2) is 131 Å². The Balaban J connectivity index is 0.000000144. The van der Waals surface area contributed by atoms with Gasteiger partial charge in [-0.2, -0.15) is 15.0 Å². The topological polar surface area (TPSA) is 306 Å². The summed E-state index contributed by atoms with van der Waals surface area (Å²) in [5.74, 6) is 4.91. The Bertz CT molecular complexity index is 6160. The fourth-order valence-electron chi connectivity index (χ4n) is 19.8. The molecule has 694 valence electrons. The monoisotopic (exact) mass is 1980 g/mol. The lowest BCUT2D eigenvalue weighted by Crippen LogP contribution is -2.61. The molecular formula is C95H122Br2ClN24O6P3. The van der Waals surface area contributed by atoms with Gasteiger partial charge >= 0.3 is 0 Å². The summed E-state index contributed by atoms with van der Waals surface area (Å²) in [6.45, 7) is 32.9. The summed E-state index contributed by atoms with van der Waals surface area (Å²) in [6, 6.07) is 26.9. The van der Waals surface area contributed by atoms with Gasteiger partial charge in [-0.1, -0.05) is 17.7 Å². The molecule has 0 atom stereocenters. The summed E-state index contributed by atoms with van der Waals surface area (Å²) < 4.78 is 58.9. The fraction of sp³-hybridized carbons (Fsp3) is 0.453. The normalized spacial score (nSPS) is 17.3. The Kier molecular flexibility index (Phi) is 28.9. The highest BCUT2D eigenvalue weighted by Gasteiger charge is 2.46. The molecule has 0 saturated carbocycles. The maximum atomic E-state index is 13.4. The fourth-order valence-corrected chi connectivity index (χ4v) is 24.9. The first-order valence-electron chi connectivity index (χ1n) is 45.0. The van der Waals surface area contributed by atoms with Crippen LogP contribution in [0.25, 0.3) is 22.1 Å². The second-order valence-electron chi connectivity index (χ2n) is 37.5. The summed E-state index contributed by atoms with van der Waals surface area (Å²) in [7, 11) is 5.76. The van der Waals surface area contributed by atoms with Crippen LogP contribution in [0, 0.1) is 24.7 Å². The van der Waals surface area contributed by atoms with E-state index in [0.717, 1.165) is 136 Å². The highest BCUT2D eigenvalue weighted by atomic mass is 79.9. The van der Waals surface area contributed by atoms with E-state index >= 15 is 0 Å². The lowest BCUT2D eigenvalue weighted by molar-refractivity contribution is -0.0207. The van der Waals surface area contributed by atoms with Gasteiger partial charge in [0.05, 0.1) is 92.2 Å². The summed E-state index contributed by atoms with van der Waals surface area (Å²) in [6.07, 6.45) is 21.7.